The molecule has 0 aliphatic heterocycles. The van der Waals surface area contributed by atoms with E-state index in [9.17, 15) is 10.1 Å². The smallest absolute Gasteiger partial charge is 0.185 e. The molecule has 0 aliphatic rings. The van der Waals surface area contributed by atoms with Crippen molar-refractivity contribution in [2.45, 2.75) is 12.8 Å². The summed E-state index contributed by atoms with van der Waals surface area (Å²) in [4.78, 5) is 12.5. The van der Waals surface area contributed by atoms with Crippen LogP contribution in [-0.2, 0) is 0 Å². The lowest BCUT2D eigenvalue weighted by Crippen LogP contribution is -2.12. The van der Waals surface area contributed by atoms with Gasteiger partial charge in [0.05, 0.1) is 11.1 Å². The first-order valence-corrected chi connectivity index (χ1v) is 7.15. The molecule has 0 saturated carbocycles. The van der Waals surface area contributed by atoms with E-state index < -0.39 is 5.92 Å². The normalized spacial score (nSPS) is 11.7. The molecule has 0 bridgehead atoms. The molecule has 0 heterocycles. The number of halogens is 2. The fourth-order valence-corrected chi connectivity index (χ4v) is 2.55. The maximum absolute atomic E-state index is 12.5. The zero-order valence-electron chi connectivity index (χ0n) is 10.7. The molecule has 0 aromatic heterocycles. The van der Waals surface area contributed by atoms with Gasteiger partial charge in [-0.15, -0.1) is 0 Å². The van der Waals surface area contributed by atoms with Gasteiger partial charge in [-0.05, 0) is 30.7 Å². The molecule has 0 N–H and O–H groups in total. The maximum Gasteiger partial charge on any atom is 0.185 e. The quantitative estimate of drug-likeness (QED) is 0.740. The van der Waals surface area contributed by atoms with Crippen LogP contribution in [0.15, 0.2) is 46.9 Å². The summed E-state index contributed by atoms with van der Waals surface area (Å²) in [6, 6.07) is 14.5. The van der Waals surface area contributed by atoms with Crippen LogP contribution < -0.4 is 0 Å². The highest BCUT2D eigenvalue weighted by Crippen LogP contribution is 2.27. The van der Waals surface area contributed by atoms with Crippen molar-refractivity contribution in [2.24, 2.45) is 0 Å². The van der Waals surface area contributed by atoms with E-state index in [1.54, 1.807) is 24.3 Å². The Morgan fingerprint density at radius 1 is 1.30 bits per heavy atom. The van der Waals surface area contributed by atoms with Crippen LogP contribution in [0.4, 0.5) is 0 Å². The van der Waals surface area contributed by atoms with Gasteiger partial charge in [-0.25, -0.2) is 0 Å². The highest BCUT2D eigenvalue weighted by atomic mass is 79.9. The Bertz CT molecular complexity index is 706. The summed E-state index contributed by atoms with van der Waals surface area (Å²) in [6.07, 6.45) is 0. The monoisotopic (exact) mass is 347 g/mol. The molecule has 0 aliphatic carbocycles. The number of hydrogen-bond donors (Lipinski definition) is 0. The molecule has 20 heavy (non-hydrogen) atoms. The van der Waals surface area contributed by atoms with Crippen LogP contribution in [-0.4, -0.2) is 5.78 Å². The van der Waals surface area contributed by atoms with E-state index in [0.717, 1.165) is 10.0 Å². The van der Waals surface area contributed by atoms with Gasteiger partial charge >= 0.3 is 0 Å². The predicted octanol–water partition coefficient (Wildman–Crippen LogP) is 4.90. The molecule has 0 spiro atoms. The van der Waals surface area contributed by atoms with Crippen molar-refractivity contribution in [2.75, 3.05) is 0 Å². The van der Waals surface area contributed by atoms with Gasteiger partial charge in [0.2, 0.25) is 0 Å². The minimum absolute atomic E-state index is 0.288. The fourth-order valence-electron chi connectivity index (χ4n) is 1.98. The third-order valence-electron chi connectivity index (χ3n) is 2.96. The number of rotatable bonds is 3. The van der Waals surface area contributed by atoms with E-state index in [4.69, 9.17) is 11.6 Å². The summed E-state index contributed by atoms with van der Waals surface area (Å²) in [5, 5.41) is 9.69. The number of nitrogens with zero attached hydrogens (tertiary/aromatic N) is 1. The van der Waals surface area contributed by atoms with Crippen molar-refractivity contribution in [3.8, 4) is 6.07 Å². The molecule has 2 rings (SSSR count). The molecule has 0 saturated heterocycles. The molecule has 4 heteroatoms. The zero-order chi connectivity index (χ0) is 14.7. The molecule has 2 aromatic carbocycles. The van der Waals surface area contributed by atoms with Crippen molar-refractivity contribution in [3.05, 3.63) is 68.7 Å². The third-order valence-corrected chi connectivity index (χ3v) is 3.78. The summed E-state index contributed by atoms with van der Waals surface area (Å²) in [5.41, 5.74) is 2.05. The Balaban J connectivity index is 2.45. The first-order valence-electron chi connectivity index (χ1n) is 5.98. The van der Waals surface area contributed by atoms with Crippen LogP contribution in [0.1, 0.15) is 27.4 Å². The van der Waals surface area contributed by atoms with Crippen molar-refractivity contribution in [3.63, 3.8) is 0 Å². The van der Waals surface area contributed by atoms with Crippen LogP contribution in [0.3, 0.4) is 0 Å². The minimum atomic E-state index is -0.846. The number of ketones is 1. The van der Waals surface area contributed by atoms with Gasteiger partial charge in [0.25, 0.3) is 0 Å². The lowest BCUT2D eigenvalue weighted by atomic mass is 9.91. The fraction of sp³-hybridized carbons (Fsp3) is 0.125. The average Bonchev–Trinajstić information content (AvgIpc) is 2.42. The molecular weight excluding hydrogens is 338 g/mol. The van der Waals surface area contributed by atoms with E-state index in [2.05, 4.69) is 22.0 Å². The Labute approximate surface area is 131 Å². The summed E-state index contributed by atoms with van der Waals surface area (Å²) in [7, 11) is 0. The lowest BCUT2D eigenvalue weighted by Gasteiger charge is -2.11. The Morgan fingerprint density at radius 3 is 2.70 bits per heavy atom. The Morgan fingerprint density at radius 2 is 2.05 bits per heavy atom. The van der Waals surface area contributed by atoms with E-state index in [0.29, 0.717) is 16.1 Å². The second kappa shape index (κ2) is 6.21. The summed E-state index contributed by atoms with van der Waals surface area (Å²) in [5.74, 6) is -1.13. The van der Waals surface area contributed by atoms with Crippen LogP contribution in [0.25, 0.3) is 0 Å². The molecule has 0 fully saturated rings. The van der Waals surface area contributed by atoms with Crippen LogP contribution in [0.5, 0.6) is 0 Å². The van der Waals surface area contributed by atoms with Crippen molar-refractivity contribution in [1.29, 1.82) is 5.26 Å². The Hall–Kier alpha value is -1.63. The summed E-state index contributed by atoms with van der Waals surface area (Å²) >= 11 is 9.37. The maximum atomic E-state index is 12.5. The molecule has 0 amide bonds. The van der Waals surface area contributed by atoms with E-state index in [1.165, 1.54) is 0 Å². The van der Waals surface area contributed by atoms with E-state index >= 15 is 0 Å². The third kappa shape index (κ3) is 3.09. The number of Topliss-reactive ketones (excluding diaryl/α,β-unsaturated/α-hetero) is 1. The molecule has 2 nitrogen and oxygen atoms in total. The van der Waals surface area contributed by atoms with Crippen molar-refractivity contribution in [1.82, 2.24) is 0 Å². The predicted molar refractivity (Wildman–Crippen MR) is 83.0 cm³/mol. The second-order valence-electron chi connectivity index (χ2n) is 4.46. The number of benzene rings is 2. The van der Waals surface area contributed by atoms with Gasteiger partial charge in [0.1, 0.15) is 5.92 Å². The summed E-state index contributed by atoms with van der Waals surface area (Å²) < 4.78 is 0.756. The molecule has 1 unspecified atom stereocenters. The highest BCUT2D eigenvalue weighted by molar-refractivity contribution is 9.10. The van der Waals surface area contributed by atoms with Gasteiger partial charge in [-0.1, -0.05) is 57.4 Å². The Kier molecular flexibility index (Phi) is 4.59. The largest absolute Gasteiger partial charge is 0.292 e. The van der Waals surface area contributed by atoms with E-state index in [-0.39, 0.29) is 5.78 Å². The van der Waals surface area contributed by atoms with Gasteiger partial charge in [-0.3, -0.25) is 4.79 Å². The van der Waals surface area contributed by atoms with Crippen molar-refractivity contribution >= 4 is 33.3 Å². The topological polar surface area (TPSA) is 40.9 Å². The molecule has 100 valence electrons. The standard InChI is InChI=1S/C16H11BrClNO/c1-10-3-2-4-11(7-10)14(9-19)16(20)13-8-12(17)5-6-15(13)18/h2-8,14H,1H3. The van der Waals surface area contributed by atoms with Crippen LogP contribution >= 0.6 is 27.5 Å². The first kappa shape index (κ1) is 14.8. The van der Waals surface area contributed by atoms with Gasteiger partial charge in [0, 0.05) is 10.0 Å². The van der Waals surface area contributed by atoms with Gasteiger partial charge < -0.3 is 0 Å². The highest BCUT2D eigenvalue weighted by Gasteiger charge is 2.23. The molecule has 2 aromatic rings. The van der Waals surface area contributed by atoms with Crippen LogP contribution in [0, 0.1) is 18.3 Å². The second-order valence-corrected chi connectivity index (χ2v) is 5.79. The lowest BCUT2D eigenvalue weighted by molar-refractivity contribution is 0.0979. The van der Waals surface area contributed by atoms with Gasteiger partial charge in [-0.2, -0.15) is 5.26 Å². The zero-order valence-corrected chi connectivity index (χ0v) is 13.1. The van der Waals surface area contributed by atoms with Crippen LogP contribution in [0.2, 0.25) is 5.02 Å². The number of aryl methyl sites for hydroxylation is 1. The molecule has 1 atom stereocenters. The SMILES string of the molecule is Cc1cccc(C(C#N)C(=O)c2cc(Br)ccc2Cl)c1. The minimum Gasteiger partial charge on any atom is -0.292 e. The number of hydrogen-bond acceptors (Lipinski definition) is 2. The number of carbonyl (C=O) groups excluding carboxylic acids is 1. The average molecular weight is 349 g/mol. The summed E-state index contributed by atoms with van der Waals surface area (Å²) in [6.45, 7) is 1.93. The number of nitriles is 1. The van der Waals surface area contributed by atoms with Crippen molar-refractivity contribution < 1.29 is 4.79 Å². The molecule has 0 radical (unpaired) electrons. The van der Waals surface area contributed by atoms with Gasteiger partial charge in [0.15, 0.2) is 5.78 Å². The molecular formula is C16H11BrClNO. The number of carbonyl (C=O) groups is 1. The van der Waals surface area contributed by atoms with E-state index in [1.807, 2.05) is 25.1 Å². The first-order chi connectivity index (χ1) is 9.52.